The standard InChI is InChI=1S/C19H25N3O2S/c1-13-4-8-15(9-5-13)18-20-21-19(24-18)25-12-17(23)22(3)16-10-6-14(2)7-11-16/h4-5,8-9,14,16H,6-7,10-12H2,1-3H3. The number of carbonyl (C=O) groups excluding carboxylic acids is 1. The lowest BCUT2D eigenvalue weighted by molar-refractivity contribution is -0.129. The van der Waals surface area contributed by atoms with Crippen LogP contribution in [0.2, 0.25) is 0 Å². The summed E-state index contributed by atoms with van der Waals surface area (Å²) < 4.78 is 5.67. The third-order valence-corrected chi connectivity index (χ3v) is 5.75. The third kappa shape index (κ3) is 4.63. The molecule has 0 radical (unpaired) electrons. The molecule has 5 nitrogen and oxygen atoms in total. The minimum atomic E-state index is 0.125. The fourth-order valence-electron chi connectivity index (χ4n) is 3.14. The first-order chi connectivity index (χ1) is 12.0. The highest BCUT2D eigenvalue weighted by Crippen LogP contribution is 2.28. The monoisotopic (exact) mass is 359 g/mol. The Kier molecular flexibility index (Phi) is 5.78. The first-order valence-electron chi connectivity index (χ1n) is 8.82. The maximum Gasteiger partial charge on any atom is 0.277 e. The van der Waals surface area contributed by atoms with Crippen LogP contribution in [0.15, 0.2) is 33.9 Å². The second kappa shape index (κ2) is 8.04. The third-order valence-electron chi connectivity index (χ3n) is 4.95. The zero-order valence-corrected chi connectivity index (χ0v) is 15.9. The van der Waals surface area contributed by atoms with Crippen LogP contribution >= 0.6 is 11.8 Å². The summed E-state index contributed by atoms with van der Waals surface area (Å²) in [7, 11) is 1.91. The van der Waals surface area contributed by atoms with Crippen molar-refractivity contribution in [1.82, 2.24) is 15.1 Å². The Bertz CT molecular complexity index is 706. The predicted molar refractivity (Wildman–Crippen MR) is 99.4 cm³/mol. The van der Waals surface area contributed by atoms with E-state index in [0.717, 1.165) is 24.3 Å². The van der Waals surface area contributed by atoms with E-state index >= 15 is 0 Å². The normalized spacial score (nSPS) is 20.4. The van der Waals surface area contributed by atoms with Crippen molar-refractivity contribution < 1.29 is 9.21 Å². The molecule has 1 saturated carbocycles. The van der Waals surface area contributed by atoms with Gasteiger partial charge >= 0.3 is 0 Å². The van der Waals surface area contributed by atoms with Crippen molar-refractivity contribution in [3.63, 3.8) is 0 Å². The minimum Gasteiger partial charge on any atom is -0.411 e. The molecule has 1 heterocycles. The predicted octanol–water partition coefficient (Wildman–Crippen LogP) is 4.17. The van der Waals surface area contributed by atoms with E-state index in [0.29, 0.717) is 22.9 Å². The quantitative estimate of drug-likeness (QED) is 0.750. The molecule has 1 aliphatic carbocycles. The number of thioether (sulfide) groups is 1. The van der Waals surface area contributed by atoms with Crippen LogP contribution < -0.4 is 0 Å². The van der Waals surface area contributed by atoms with Gasteiger partial charge in [-0.15, -0.1) is 10.2 Å². The molecule has 0 aliphatic heterocycles. The number of carbonyl (C=O) groups is 1. The molecule has 3 rings (SSSR count). The highest BCUT2D eigenvalue weighted by molar-refractivity contribution is 7.99. The molecule has 1 aromatic heterocycles. The molecule has 0 atom stereocenters. The van der Waals surface area contributed by atoms with Crippen LogP contribution in [0.3, 0.4) is 0 Å². The van der Waals surface area contributed by atoms with Crippen molar-refractivity contribution in [2.75, 3.05) is 12.8 Å². The first kappa shape index (κ1) is 18.0. The molecule has 25 heavy (non-hydrogen) atoms. The van der Waals surface area contributed by atoms with Crippen molar-refractivity contribution in [2.24, 2.45) is 5.92 Å². The molecule has 1 amide bonds. The van der Waals surface area contributed by atoms with Gasteiger partial charge in [-0.25, -0.2) is 0 Å². The van der Waals surface area contributed by atoms with Gasteiger partial charge in [-0.3, -0.25) is 4.79 Å². The molecule has 0 bridgehead atoms. The summed E-state index contributed by atoms with van der Waals surface area (Å²) in [4.78, 5) is 14.3. The van der Waals surface area contributed by atoms with Crippen molar-refractivity contribution in [1.29, 1.82) is 0 Å². The number of hydrogen-bond donors (Lipinski definition) is 0. The maximum absolute atomic E-state index is 12.4. The topological polar surface area (TPSA) is 59.2 Å². The van der Waals surface area contributed by atoms with Crippen LogP contribution in [0.1, 0.15) is 38.2 Å². The fourth-order valence-corrected chi connectivity index (χ4v) is 3.83. The molecule has 1 aromatic carbocycles. The van der Waals surface area contributed by atoms with Gasteiger partial charge < -0.3 is 9.32 Å². The average molecular weight is 359 g/mol. The van der Waals surface area contributed by atoms with E-state index in [1.54, 1.807) is 0 Å². The molecule has 0 unspecified atom stereocenters. The van der Waals surface area contributed by atoms with Gasteiger partial charge in [-0.2, -0.15) is 0 Å². The van der Waals surface area contributed by atoms with E-state index in [-0.39, 0.29) is 5.91 Å². The van der Waals surface area contributed by atoms with Gasteiger partial charge in [0.2, 0.25) is 11.8 Å². The van der Waals surface area contributed by atoms with Gasteiger partial charge in [0.05, 0.1) is 5.75 Å². The summed E-state index contributed by atoms with van der Waals surface area (Å²) in [5.74, 6) is 1.73. The van der Waals surface area contributed by atoms with Crippen molar-refractivity contribution in [3.05, 3.63) is 29.8 Å². The van der Waals surface area contributed by atoms with Gasteiger partial charge in [-0.05, 0) is 50.7 Å². The number of aromatic nitrogens is 2. The van der Waals surface area contributed by atoms with Crippen molar-refractivity contribution in [3.8, 4) is 11.5 Å². The van der Waals surface area contributed by atoms with E-state index < -0.39 is 0 Å². The molecule has 0 saturated heterocycles. The summed E-state index contributed by atoms with van der Waals surface area (Å²) >= 11 is 1.31. The number of benzene rings is 1. The minimum absolute atomic E-state index is 0.125. The van der Waals surface area contributed by atoms with Crippen molar-refractivity contribution >= 4 is 17.7 Å². The Balaban J connectivity index is 1.53. The molecule has 1 aliphatic rings. The Morgan fingerprint density at radius 2 is 1.88 bits per heavy atom. The van der Waals surface area contributed by atoms with Gasteiger partial charge in [0.15, 0.2) is 0 Å². The molecule has 6 heteroatoms. The van der Waals surface area contributed by atoms with E-state index in [1.807, 2.05) is 43.1 Å². The molecule has 1 fully saturated rings. The first-order valence-corrected chi connectivity index (χ1v) is 9.80. The molecular weight excluding hydrogens is 334 g/mol. The Labute approximate surface area is 153 Å². The van der Waals surface area contributed by atoms with Gasteiger partial charge in [0, 0.05) is 18.7 Å². The van der Waals surface area contributed by atoms with Gasteiger partial charge in [0.25, 0.3) is 5.22 Å². The van der Waals surface area contributed by atoms with E-state index in [1.165, 1.54) is 30.2 Å². The largest absolute Gasteiger partial charge is 0.411 e. The highest BCUT2D eigenvalue weighted by atomic mass is 32.2. The lowest BCUT2D eigenvalue weighted by Gasteiger charge is -2.33. The molecule has 2 aromatic rings. The summed E-state index contributed by atoms with van der Waals surface area (Å²) in [6, 6.07) is 8.31. The number of amides is 1. The summed E-state index contributed by atoms with van der Waals surface area (Å²) in [5.41, 5.74) is 2.08. The second-order valence-corrected chi connectivity index (χ2v) is 7.87. The Morgan fingerprint density at radius 1 is 1.20 bits per heavy atom. The van der Waals surface area contributed by atoms with Gasteiger partial charge in [-0.1, -0.05) is 36.4 Å². The van der Waals surface area contributed by atoms with Gasteiger partial charge in [0.1, 0.15) is 0 Å². The molecule has 0 spiro atoms. The highest BCUT2D eigenvalue weighted by Gasteiger charge is 2.25. The Hall–Kier alpha value is -1.82. The van der Waals surface area contributed by atoms with E-state index in [2.05, 4.69) is 17.1 Å². The smallest absolute Gasteiger partial charge is 0.277 e. The van der Waals surface area contributed by atoms with Crippen LogP contribution in [-0.4, -0.2) is 39.8 Å². The number of nitrogens with zero attached hydrogens (tertiary/aromatic N) is 3. The summed E-state index contributed by atoms with van der Waals surface area (Å²) in [5, 5.41) is 8.56. The van der Waals surface area contributed by atoms with Crippen LogP contribution in [0, 0.1) is 12.8 Å². The lowest BCUT2D eigenvalue weighted by atomic mass is 9.87. The van der Waals surface area contributed by atoms with E-state index in [9.17, 15) is 4.79 Å². The number of rotatable bonds is 5. The molecule has 134 valence electrons. The van der Waals surface area contributed by atoms with E-state index in [4.69, 9.17) is 4.42 Å². The maximum atomic E-state index is 12.4. The summed E-state index contributed by atoms with van der Waals surface area (Å²) in [6.45, 7) is 4.32. The lowest BCUT2D eigenvalue weighted by Crippen LogP contribution is -2.40. The SMILES string of the molecule is Cc1ccc(-c2nnc(SCC(=O)N(C)C3CCC(C)CC3)o2)cc1. The zero-order valence-electron chi connectivity index (χ0n) is 15.1. The van der Waals surface area contributed by atoms with Crippen LogP contribution in [0.4, 0.5) is 0 Å². The molecular formula is C19H25N3O2S. The Morgan fingerprint density at radius 3 is 2.56 bits per heavy atom. The van der Waals surface area contributed by atoms with Crippen molar-refractivity contribution in [2.45, 2.75) is 50.8 Å². The van der Waals surface area contributed by atoms with Crippen LogP contribution in [0.25, 0.3) is 11.5 Å². The number of hydrogen-bond acceptors (Lipinski definition) is 5. The second-order valence-electron chi connectivity index (χ2n) is 6.95. The fraction of sp³-hybridized carbons (Fsp3) is 0.526. The van der Waals surface area contributed by atoms with Crippen LogP contribution in [0.5, 0.6) is 0 Å². The average Bonchev–Trinajstić information content (AvgIpc) is 3.09. The zero-order chi connectivity index (χ0) is 17.8. The summed E-state index contributed by atoms with van der Waals surface area (Å²) in [6.07, 6.45) is 4.62. The number of aryl methyl sites for hydroxylation is 1. The molecule has 0 N–H and O–H groups in total. The van der Waals surface area contributed by atoms with Crippen LogP contribution in [-0.2, 0) is 4.79 Å².